The van der Waals surface area contributed by atoms with Crippen molar-refractivity contribution in [3.63, 3.8) is 0 Å². The second-order valence-corrected chi connectivity index (χ2v) is 17.0. The van der Waals surface area contributed by atoms with E-state index < -0.39 is 74.3 Å². The Morgan fingerprint density at radius 2 is 1.87 bits per heavy atom. The van der Waals surface area contributed by atoms with Crippen LogP contribution in [0.2, 0.25) is 0 Å². The molecule has 0 spiro atoms. The molecule has 52 heavy (non-hydrogen) atoms. The molecule has 2 saturated carbocycles. The first kappa shape index (κ1) is 37.3. The van der Waals surface area contributed by atoms with E-state index in [0.29, 0.717) is 54.6 Å². The summed E-state index contributed by atoms with van der Waals surface area (Å²) < 4.78 is 44.4. The van der Waals surface area contributed by atoms with Crippen LogP contribution in [0.3, 0.4) is 0 Å². The molecular weight excluding hydrogens is 692 g/mol. The number of aryl methyl sites for hydroxylation is 1. The molecule has 16 heteroatoms. The molecule has 1 aromatic carbocycles. The Balaban J connectivity index is 1.31. The number of aromatic nitrogens is 2. The number of hydrogen-bond donors (Lipinski definition) is 3. The first-order valence-electron chi connectivity index (χ1n) is 18.0. The fourth-order valence-corrected chi connectivity index (χ4v) is 8.15. The van der Waals surface area contributed by atoms with Gasteiger partial charge < -0.3 is 29.7 Å². The van der Waals surface area contributed by atoms with E-state index in [-0.39, 0.29) is 25.3 Å². The third-order valence-electron chi connectivity index (χ3n) is 10.4. The van der Waals surface area contributed by atoms with Crippen LogP contribution in [-0.2, 0) is 29.1 Å². The maximum atomic E-state index is 14.4. The third-order valence-corrected chi connectivity index (χ3v) is 12.5. The van der Waals surface area contributed by atoms with Crippen molar-refractivity contribution in [3.05, 3.63) is 36.0 Å². The maximum Gasteiger partial charge on any atom is 0.408 e. The quantitative estimate of drug-likeness (QED) is 0.337. The van der Waals surface area contributed by atoms with Crippen LogP contribution in [0.15, 0.2) is 30.4 Å². The van der Waals surface area contributed by atoms with Gasteiger partial charge in [-0.15, -0.1) is 0 Å². The lowest BCUT2D eigenvalue weighted by Crippen LogP contribution is -2.58. The van der Waals surface area contributed by atoms with Gasteiger partial charge in [-0.05, 0) is 78.4 Å². The highest BCUT2D eigenvalue weighted by atomic mass is 32.2. The normalized spacial score (nSPS) is 28.0. The molecule has 0 radical (unpaired) electrons. The monoisotopic (exact) mass is 740 g/mol. The van der Waals surface area contributed by atoms with Gasteiger partial charge in [-0.3, -0.25) is 19.1 Å². The highest BCUT2D eigenvalue weighted by Gasteiger charge is 2.63. The van der Waals surface area contributed by atoms with E-state index in [1.165, 1.54) is 4.90 Å². The third kappa shape index (κ3) is 7.81. The van der Waals surface area contributed by atoms with Gasteiger partial charge in [0.25, 0.3) is 5.91 Å². The maximum absolute atomic E-state index is 14.4. The minimum atomic E-state index is -3.98. The molecule has 2 aromatic rings. The fourth-order valence-electron chi connectivity index (χ4n) is 6.84. The minimum Gasteiger partial charge on any atom is -0.497 e. The molecule has 1 saturated heterocycles. The van der Waals surface area contributed by atoms with Crippen LogP contribution in [0, 0.1) is 12.8 Å². The van der Waals surface area contributed by atoms with Crippen LogP contribution < -0.4 is 24.8 Å². The summed E-state index contributed by atoms with van der Waals surface area (Å²) in [6.45, 7) is 6.71. The number of hydrogen-bond acceptors (Lipinski definition) is 11. The zero-order chi connectivity index (χ0) is 37.4. The predicted molar refractivity (Wildman–Crippen MR) is 190 cm³/mol. The highest BCUT2D eigenvalue weighted by Crippen LogP contribution is 2.47. The lowest BCUT2D eigenvalue weighted by atomic mass is 10.0. The zero-order valence-electron chi connectivity index (χ0n) is 30.3. The summed E-state index contributed by atoms with van der Waals surface area (Å²) in [6, 6.07) is 3.18. The zero-order valence-corrected chi connectivity index (χ0v) is 31.1. The van der Waals surface area contributed by atoms with Gasteiger partial charge in [0.15, 0.2) is 0 Å². The summed E-state index contributed by atoms with van der Waals surface area (Å²) >= 11 is 0. The molecule has 2 aliphatic heterocycles. The van der Waals surface area contributed by atoms with E-state index in [1.54, 1.807) is 53.0 Å². The summed E-state index contributed by atoms with van der Waals surface area (Å²) in [5.74, 6) is -1.56. The Hall–Kier alpha value is -4.47. The van der Waals surface area contributed by atoms with Crippen LogP contribution in [0.1, 0.15) is 84.3 Å². The molecule has 15 nitrogen and oxygen atoms in total. The van der Waals surface area contributed by atoms with E-state index in [2.05, 4.69) is 25.3 Å². The number of fused-ring (bicyclic) bond motifs is 3. The van der Waals surface area contributed by atoms with Crippen molar-refractivity contribution >= 4 is 44.9 Å². The van der Waals surface area contributed by atoms with Crippen LogP contribution in [0.4, 0.5) is 4.79 Å². The number of carbonyl (C=O) groups excluding carboxylic acids is 4. The Morgan fingerprint density at radius 3 is 2.58 bits per heavy atom. The van der Waals surface area contributed by atoms with Gasteiger partial charge in [0.1, 0.15) is 35.2 Å². The standard InChI is InChI=1S/C36H48N6O9S/c1-21(2)50-34(46)39-27-12-10-8-6-7-9-11-23-19-36(23,33(45)41-52(47,48)35(4)15-16-35)40-30(43)29-18-25(20-42(29)32(27)44)51-31-22(3)37-26-14-13-24(49-5)17-28(26)38-31/h9,11,13-14,17,21,23,25,27,29H,6-8,10,12,15-16,18-20H2,1-5H3,(H,39,46)(H,40,43)(H,41,45)/b11-9-/t23-,25-,27+,29+,36-/m1/s1. The molecule has 4 amide bonds. The van der Waals surface area contributed by atoms with Crippen molar-refractivity contribution in [3.8, 4) is 11.6 Å². The molecule has 282 valence electrons. The largest absolute Gasteiger partial charge is 0.497 e. The number of nitrogens with zero attached hydrogens (tertiary/aromatic N) is 3. The van der Waals surface area contributed by atoms with E-state index >= 15 is 0 Å². The number of ether oxygens (including phenoxy) is 3. The molecule has 3 heterocycles. The molecular formula is C36H48N6O9S. The van der Waals surface area contributed by atoms with E-state index in [4.69, 9.17) is 14.2 Å². The molecule has 0 bridgehead atoms. The lowest BCUT2D eigenvalue weighted by Gasteiger charge is -2.30. The SMILES string of the molecule is COc1ccc2nc(C)c(O[C@@H]3C[C@H]4C(=O)N[C@]5(C(=O)NS(=O)(=O)C6(C)CC6)C[C@H]5/C=C\CCCCC[C@H](NC(=O)OC(C)C)C(=O)N4C3)nc2c1. The number of benzene rings is 1. The minimum absolute atomic E-state index is 0.0269. The van der Waals surface area contributed by atoms with Crippen molar-refractivity contribution in [1.82, 2.24) is 30.2 Å². The number of nitrogens with one attached hydrogen (secondary N) is 3. The number of sulfonamides is 1. The summed E-state index contributed by atoms with van der Waals surface area (Å²) in [6.07, 6.45) is 6.22. The summed E-state index contributed by atoms with van der Waals surface area (Å²) in [7, 11) is -2.44. The molecule has 3 fully saturated rings. The van der Waals surface area contributed by atoms with Crippen molar-refractivity contribution < 1.29 is 41.8 Å². The average Bonchev–Trinajstić information content (AvgIpc) is 3.96. The van der Waals surface area contributed by atoms with Gasteiger partial charge in [0, 0.05) is 18.4 Å². The molecule has 3 N–H and O–H groups in total. The van der Waals surface area contributed by atoms with Gasteiger partial charge in [-0.25, -0.2) is 23.2 Å². The van der Waals surface area contributed by atoms with Crippen molar-refractivity contribution in [2.24, 2.45) is 5.92 Å². The molecule has 5 atom stereocenters. The first-order chi connectivity index (χ1) is 24.6. The van der Waals surface area contributed by atoms with Crippen molar-refractivity contribution in [1.29, 1.82) is 0 Å². The molecule has 1 aromatic heterocycles. The number of methoxy groups -OCH3 is 1. The van der Waals surface area contributed by atoms with Crippen molar-refractivity contribution in [2.75, 3.05) is 13.7 Å². The van der Waals surface area contributed by atoms with E-state index in [9.17, 15) is 27.6 Å². The summed E-state index contributed by atoms with van der Waals surface area (Å²) in [5, 5.41) is 5.58. The number of amides is 4. The molecule has 6 rings (SSSR count). The second-order valence-electron chi connectivity index (χ2n) is 14.8. The second kappa shape index (κ2) is 14.5. The number of carbonyl (C=O) groups is 4. The topological polar surface area (TPSA) is 195 Å². The van der Waals surface area contributed by atoms with Gasteiger partial charge in [-0.2, -0.15) is 0 Å². The molecule has 0 unspecified atom stereocenters. The smallest absolute Gasteiger partial charge is 0.408 e. The average molecular weight is 741 g/mol. The summed E-state index contributed by atoms with van der Waals surface area (Å²) in [4.78, 5) is 65.9. The Bertz CT molecular complexity index is 1880. The number of alkyl carbamates (subject to hydrolysis) is 1. The van der Waals surface area contributed by atoms with Crippen LogP contribution >= 0.6 is 0 Å². The first-order valence-corrected chi connectivity index (χ1v) is 19.4. The van der Waals surface area contributed by atoms with Crippen molar-refractivity contribution in [2.45, 2.75) is 120 Å². The van der Waals surface area contributed by atoms with E-state index in [1.807, 2.05) is 12.2 Å². The molecule has 2 aliphatic carbocycles. The van der Waals surface area contributed by atoms with Crippen LogP contribution in [0.25, 0.3) is 11.0 Å². The van der Waals surface area contributed by atoms with Gasteiger partial charge >= 0.3 is 6.09 Å². The van der Waals surface area contributed by atoms with Crippen LogP contribution in [-0.4, -0.2) is 95.3 Å². The van der Waals surface area contributed by atoms with Crippen LogP contribution in [0.5, 0.6) is 11.6 Å². The van der Waals surface area contributed by atoms with Gasteiger partial charge in [0.05, 0.1) is 35.5 Å². The Kier molecular flexibility index (Phi) is 10.4. The Morgan fingerprint density at radius 1 is 1.10 bits per heavy atom. The lowest BCUT2D eigenvalue weighted by molar-refractivity contribution is -0.141. The highest BCUT2D eigenvalue weighted by molar-refractivity contribution is 7.91. The number of allylic oxidation sites excluding steroid dienone is 1. The van der Waals surface area contributed by atoms with Gasteiger partial charge in [0.2, 0.25) is 27.7 Å². The van der Waals surface area contributed by atoms with E-state index in [0.717, 1.165) is 12.8 Å². The fraction of sp³-hybridized carbons (Fsp3) is 0.611. The van der Waals surface area contributed by atoms with Gasteiger partial charge in [-0.1, -0.05) is 25.0 Å². The summed E-state index contributed by atoms with van der Waals surface area (Å²) in [5.41, 5.74) is 0.154. The Labute approximate surface area is 303 Å². The predicted octanol–water partition coefficient (Wildman–Crippen LogP) is 3.19. The molecule has 4 aliphatic rings. The number of rotatable bonds is 8.